The molecule has 0 spiro atoms. The molecule has 0 amide bonds. The second kappa shape index (κ2) is 7.75. The van der Waals surface area contributed by atoms with Crippen LogP contribution in [0.3, 0.4) is 0 Å². The molecular weight excluding hydrogens is 282 g/mol. The van der Waals surface area contributed by atoms with Crippen molar-refractivity contribution < 1.29 is 4.74 Å². The van der Waals surface area contributed by atoms with E-state index in [1.807, 2.05) is 0 Å². The van der Waals surface area contributed by atoms with Gasteiger partial charge < -0.3 is 20.7 Å². The summed E-state index contributed by atoms with van der Waals surface area (Å²) in [6.45, 7) is 14.8. The molecule has 3 N–H and O–H groups in total. The molecule has 0 bridgehead atoms. The molecule has 0 aromatic rings. The van der Waals surface area contributed by atoms with Gasteiger partial charge >= 0.3 is 0 Å². The molecule has 0 atom stereocenters. The van der Waals surface area contributed by atoms with E-state index < -0.39 is 0 Å². The highest BCUT2D eigenvalue weighted by molar-refractivity contribution is 7.80. The predicted octanol–water partition coefficient (Wildman–Crippen LogP) is 2.57. The van der Waals surface area contributed by atoms with Crippen LogP contribution in [-0.2, 0) is 4.74 Å². The van der Waals surface area contributed by atoms with Gasteiger partial charge in [0, 0.05) is 30.3 Å². The number of thiocarbonyl (C=S) groups is 1. The third-order valence-corrected chi connectivity index (χ3v) is 3.85. The lowest BCUT2D eigenvalue weighted by atomic mass is 9.80. The summed E-state index contributed by atoms with van der Waals surface area (Å²) in [6.07, 6.45) is 3.43. The predicted molar refractivity (Wildman–Crippen MR) is 93.8 cm³/mol. The topological polar surface area (TPSA) is 45.3 Å². The van der Waals surface area contributed by atoms with E-state index in [-0.39, 0.29) is 11.1 Å². The zero-order valence-electron chi connectivity index (χ0n) is 14.5. The zero-order valence-corrected chi connectivity index (χ0v) is 15.3. The van der Waals surface area contributed by atoms with Crippen LogP contribution in [0.25, 0.3) is 0 Å². The molecule has 0 radical (unpaired) electrons. The van der Waals surface area contributed by atoms with Crippen LogP contribution in [0.15, 0.2) is 0 Å². The van der Waals surface area contributed by atoms with Crippen molar-refractivity contribution in [3.8, 4) is 0 Å². The van der Waals surface area contributed by atoms with Crippen molar-refractivity contribution in [3.05, 3.63) is 0 Å². The van der Waals surface area contributed by atoms with Crippen LogP contribution in [-0.4, -0.2) is 41.5 Å². The van der Waals surface area contributed by atoms with E-state index >= 15 is 0 Å². The maximum absolute atomic E-state index is 5.52. The van der Waals surface area contributed by atoms with Gasteiger partial charge in [-0.25, -0.2) is 0 Å². The molecule has 0 aromatic carbocycles. The number of piperidine rings is 1. The maximum Gasteiger partial charge on any atom is 0.166 e. The first-order valence-corrected chi connectivity index (χ1v) is 8.46. The van der Waals surface area contributed by atoms with Crippen LogP contribution < -0.4 is 16.0 Å². The Bertz CT molecular complexity index is 326. The maximum atomic E-state index is 5.52. The molecule has 1 aliphatic heterocycles. The smallest absolute Gasteiger partial charge is 0.166 e. The first-order chi connectivity index (χ1) is 9.60. The molecule has 1 fully saturated rings. The van der Waals surface area contributed by atoms with E-state index in [0.29, 0.717) is 12.1 Å². The number of ether oxygens (including phenoxy) is 1. The Hall–Kier alpha value is -0.390. The van der Waals surface area contributed by atoms with Gasteiger partial charge in [-0.1, -0.05) is 0 Å². The van der Waals surface area contributed by atoms with Gasteiger partial charge in [-0.05, 0) is 73.0 Å². The Labute approximate surface area is 135 Å². The standard InChI is InChI=1S/C16H33N3OS/c1-12(2)20-9-7-8-17-14(21)18-13-10-15(3,4)19-16(5,6)11-13/h12-13,19H,7-11H2,1-6H3,(H2,17,18,21). The molecule has 1 aliphatic rings. The summed E-state index contributed by atoms with van der Waals surface area (Å²) >= 11 is 5.40. The first kappa shape index (κ1) is 18.7. The first-order valence-electron chi connectivity index (χ1n) is 8.05. The molecule has 1 heterocycles. The minimum atomic E-state index is 0.139. The van der Waals surface area contributed by atoms with Gasteiger partial charge in [0.1, 0.15) is 0 Å². The lowest BCUT2D eigenvalue weighted by Gasteiger charge is -2.46. The second-order valence-corrected chi connectivity index (χ2v) is 8.08. The van der Waals surface area contributed by atoms with Crippen LogP contribution in [0.1, 0.15) is 60.8 Å². The Morgan fingerprint density at radius 3 is 2.33 bits per heavy atom. The van der Waals surface area contributed by atoms with Crippen molar-refractivity contribution in [3.63, 3.8) is 0 Å². The number of rotatable bonds is 6. The monoisotopic (exact) mass is 315 g/mol. The molecule has 21 heavy (non-hydrogen) atoms. The Balaban J connectivity index is 2.27. The minimum absolute atomic E-state index is 0.139. The fourth-order valence-electron chi connectivity index (χ4n) is 3.25. The Morgan fingerprint density at radius 2 is 1.81 bits per heavy atom. The fraction of sp³-hybridized carbons (Fsp3) is 0.938. The van der Waals surface area contributed by atoms with E-state index in [1.165, 1.54) is 0 Å². The summed E-state index contributed by atoms with van der Waals surface area (Å²) in [7, 11) is 0. The Morgan fingerprint density at radius 1 is 1.24 bits per heavy atom. The van der Waals surface area contributed by atoms with Gasteiger partial charge in [0.15, 0.2) is 5.11 Å². The van der Waals surface area contributed by atoms with Gasteiger partial charge in [0.2, 0.25) is 0 Å². The molecule has 0 unspecified atom stereocenters. The van der Waals surface area contributed by atoms with Crippen molar-refractivity contribution >= 4 is 17.3 Å². The molecular formula is C16H33N3OS. The summed E-state index contributed by atoms with van der Waals surface area (Å²) < 4.78 is 5.52. The van der Waals surface area contributed by atoms with Gasteiger partial charge in [0.05, 0.1) is 6.10 Å². The van der Waals surface area contributed by atoms with Crippen molar-refractivity contribution in [1.29, 1.82) is 0 Å². The molecule has 0 aliphatic carbocycles. The van der Waals surface area contributed by atoms with Crippen LogP contribution in [0.4, 0.5) is 0 Å². The highest BCUT2D eigenvalue weighted by Gasteiger charge is 2.37. The summed E-state index contributed by atoms with van der Waals surface area (Å²) in [6, 6.07) is 0.420. The molecule has 4 nitrogen and oxygen atoms in total. The summed E-state index contributed by atoms with van der Waals surface area (Å²) in [5.41, 5.74) is 0.278. The van der Waals surface area contributed by atoms with Gasteiger partial charge in [0.25, 0.3) is 0 Å². The summed E-state index contributed by atoms with van der Waals surface area (Å²) in [5, 5.41) is 11.2. The largest absolute Gasteiger partial charge is 0.379 e. The SMILES string of the molecule is CC(C)OCCCNC(=S)NC1CC(C)(C)NC(C)(C)C1. The normalized spacial score (nSPS) is 21.3. The van der Waals surface area contributed by atoms with Crippen molar-refractivity contribution in [2.45, 2.75) is 84.0 Å². The van der Waals surface area contributed by atoms with Crippen LogP contribution >= 0.6 is 12.2 Å². The van der Waals surface area contributed by atoms with Crippen LogP contribution in [0, 0.1) is 0 Å². The Kier molecular flexibility index (Phi) is 6.88. The highest BCUT2D eigenvalue weighted by atomic mass is 32.1. The van der Waals surface area contributed by atoms with Crippen molar-refractivity contribution in [2.75, 3.05) is 13.2 Å². The van der Waals surface area contributed by atoms with E-state index in [1.54, 1.807) is 0 Å². The third-order valence-electron chi connectivity index (χ3n) is 3.58. The molecule has 0 aromatic heterocycles. The quantitative estimate of drug-likeness (QED) is 0.519. The third kappa shape index (κ3) is 7.98. The van der Waals surface area contributed by atoms with Gasteiger partial charge in [-0.3, -0.25) is 0 Å². The molecule has 0 saturated carbocycles. The molecule has 1 saturated heterocycles. The lowest BCUT2D eigenvalue weighted by Crippen LogP contribution is -2.62. The van der Waals surface area contributed by atoms with Gasteiger partial charge in [-0.15, -0.1) is 0 Å². The molecule has 1 rings (SSSR count). The molecule has 124 valence electrons. The molecule has 5 heteroatoms. The lowest BCUT2D eigenvalue weighted by molar-refractivity contribution is 0.0776. The number of hydrogen-bond acceptors (Lipinski definition) is 3. The van der Waals surface area contributed by atoms with Gasteiger partial charge in [-0.2, -0.15) is 0 Å². The average Bonchev–Trinajstić information content (AvgIpc) is 2.23. The van der Waals surface area contributed by atoms with E-state index in [4.69, 9.17) is 17.0 Å². The van der Waals surface area contributed by atoms with Crippen LogP contribution in [0.5, 0.6) is 0 Å². The van der Waals surface area contributed by atoms with Crippen molar-refractivity contribution in [1.82, 2.24) is 16.0 Å². The summed E-state index contributed by atoms with van der Waals surface area (Å²) in [4.78, 5) is 0. The summed E-state index contributed by atoms with van der Waals surface area (Å²) in [5.74, 6) is 0. The van der Waals surface area contributed by atoms with E-state index in [2.05, 4.69) is 57.5 Å². The number of nitrogens with one attached hydrogen (secondary N) is 3. The second-order valence-electron chi connectivity index (χ2n) is 7.67. The van der Waals surface area contributed by atoms with E-state index in [0.717, 1.165) is 37.5 Å². The highest BCUT2D eigenvalue weighted by Crippen LogP contribution is 2.28. The van der Waals surface area contributed by atoms with Crippen molar-refractivity contribution in [2.24, 2.45) is 0 Å². The zero-order chi connectivity index (χ0) is 16.1. The minimum Gasteiger partial charge on any atom is -0.379 e. The van der Waals surface area contributed by atoms with Crippen LogP contribution in [0.2, 0.25) is 0 Å². The van der Waals surface area contributed by atoms with E-state index in [9.17, 15) is 0 Å². The average molecular weight is 316 g/mol. The fourth-order valence-corrected chi connectivity index (χ4v) is 3.52. The number of hydrogen-bond donors (Lipinski definition) is 3.